The fraction of sp³-hybridized carbons (Fsp3) is 0.727. The van der Waals surface area contributed by atoms with Gasteiger partial charge in [0.1, 0.15) is 12.6 Å². The van der Waals surface area contributed by atoms with E-state index in [4.69, 9.17) is 0 Å². The lowest BCUT2D eigenvalue weighted by molar-refractivity contribution is -0.160. The minimum absolute atomic E-state index is 0.126. The number of hydrogen-bond donors (Lipinski definition) is 0. The summed E-state index contributed by atoms with van der Waals surface area (Å²) in [6.07, 6.45) is 0.588. The highest BCUT2D eigenvalue weighted by atomic mass is 16.2. The molecule has 1 rings (SSSR count). The predicted molar refractivity (Wildman–Crippen MR) is 58.4 cm³/mol. The highest BCUT2D eigenvalue weighted by Crippen LogP contribution is 2.17. The van der Waals surface area contributed by atoms with Crippen molar-refractivity contribution in [3.05, 3.63) is 0 Å². The van der Waals surface area contributed by atoms with Gasteiger partial charge in [0.15, 0.2) is 0 Å². The zero-order valence-corrected chi connectivity index (χ0v) is 10.2. The number of carbonyl (C=O) groups excluding carboxylic acids is 3. The van der Waals surface area contributed by atoms with Crippen molar-refractivity contribution in [1.82, 2.24) is 9.80 Å². The summed E-state index contributed by atoms with van der Waals surface area (Å²) in [5, 5.41) is 0. The summed E-state index contributed by atoms with van der Waals surface area (Å²) in [5.74, 6) is -0.500. The van der Waals surface area contributed by atoms with E-state index < -0.39 is 6.04 Å². The molecular formula is C11H18N2O3. The Morgan fingerprint density at radius 2 is 2.00 bits per heavy atom. The smallest absolute Gasteiger partial charge is 0.252 e. The van der Waals surface area contributed by atoms with Crippen molar-refractivity contribution in [1.29, 1.82) is 0 Å². The van der Waals surface area contributed by atoms with Crippen LogP contribution >= 0.6 is 0 Å². The van der Waals surface area contributed by atoms with E-state index in [-0.39, 0.29) is 24.3 Å². The molecule has 0 aliphatic carbocycles. The van der Waals surface area contributed by atoms with E-state index in [0.717, 1.165) is 4.90 Å². The van der Waals surface area contributed by atoms with Gasteiger partial charge in [-0.25, -0.2) is 0 Å². The fourth-order valence-electron chi connectivity index (χ4n) is 1.82. The first-order valence-corrected chi connectivity index (χ1v) is 5.42. The van der Waals surface area contributed by atoms with Crippen LogP contribution in [0.3, 0.4) is 0 Å². The Balaban J connectivity index is 2.90. The molecule has 0 aromatic rings. The second-order valence-corrected chi connectivity index (χ2v) is 4.59. The van der Waals surface area contributed by atoms with Crippen LogP contribution in [0.4, 0.5) is 0 Å². The van der Waals surface area contributed by atoms with Crippen LogP contribution in [0.1, 0.15) is 27.2 Å². The fourth-order valence-corrected chi connectivity index (χ4v) is 1.82. The minimum atomic E-state index is -0.495. The SMILES string of the molecule is CC(=O)N1CC(=O)N(C)C(CC(C)C)C1=O. The van der Waals surface area contributed by atoms with E-state index in [1.165, 1.54) is 11.8 Å². The summed E-state index contributed by atoms with van der Waals surface area (Å²) >= 11 is 0. The zero-order valence-electron chi connectivity index (χ0n) is 10.2. The second-order valence-electron chi connectivity index (χ2n) is 4.59. The number of carbonyl (C=O) groups is 3. The van der Waals surface area contributed by atoms with Crippen molar-refractivity contribution in [3.8, 4) is 0 Å². The van der Waals surface area contributed by atoms with Gasteiger partial charge in [0, 0.05) is 14.0 Å². The molecule has 1 aliphatic rings. The lowest BCUT2D eigenvalue weighted by Crippen LogP contribution is -2.59. The maximum Gasteiger partial charge on any atom is 0.252 e. The van der Waals surface area contributed by atoms with Crippen LogP contribution < -0.4 is 0 Å². The van der Waals surface area contributed by atoms with Gasteiger partial charge in [0.05, 0.1) is 0 Å². The van der Waals surface area contributed by atoms with Crippen LogP contribution in [0, 0.1) is 5.92 Å². The molecule has 0 aromatic carbocycles. The number of rotatable bonds is 2. The van der Waals surface area contributed by atoms with E-state index in [0.29, 0.717) is 12.3 Å². The number of likely N-dealkylation sites (N-methyl/N-ethyl adjacent to an activating group) is 1. The van der Waals surface area contributed by atoms with Gasteiger partial charge in [-0.1, -0.05) is 13.8 Å². The van der Waals surface area contributed by atoms with Crippen molar-refractivity contribution < 1.29 is 14.4 Å². The highest BCUT2D eigenvalue weighted by molar-refractivity contribution is 6.04. The Labute approximate surface area is 95.4 Å². The van der Waals surface area contributed by atoms with Crippen LogP contribution in [-0.4, -0.2) is 47.2 Å². The standard InChI is InChI=1S/C11H18N2O3/c1-7(2)5-9-11(16)13(8(3)14)6-10(15)12(9)4/h7,9H,5-6H2,1-4H3. The molecule has 1 atom stereocenters. The Bertz CT molecular complexity index is 325. The van der Waals surface area contributed by atoms with Gasteiger partial charge in [-0.2, -0.15) is 0 Å². The van der Waals surface area contributed by atoms with Gasteiger partial charge in [-0.15, -0.1) is 0 Å². The molecule has 5 nitrogen and oxygen atoms in total. The van der Waals surface area contributed by atoms with E-state index in [1.807, 2.05) is 13.8 Å². The number of nitrogens with zero attached hydrogens (tertiary/aromatic N) is 2. The molecule has 5 heteroatoms. The molecule has 3 amide bonds. The number of imide groups is 1. The molecule has 1 saturated heterocycles. The van der Waals surface area contributed by atoms with Gasteiger partial charge in [-0.3, -0.25) is 19.3 Å². The highest BCUT2D eigenvalue weighted by Gasteiger charge is 2.38. The van der Waals surface area contributed by atoms with Crippen molar-refractivity contribution in [3.63, 3.8) is 0 Å². The third kappa shape index (κ3) is 2.40. The molecular weight excluding hydrogens is 208 g/mol. The summed E-state index contributed by atoms with van der Waals surface area (Å²) in [6, 6.07) is -0.495. The number of piperazine rings is 1. The Hall–Kier alpha value is -1.39. The number of amides is 3. The molecule has 0 saturated carbocycles. The van der Waals surface area contributed by atoms with Gasteiger partial charge in [0.2, 0.25) is 11.8 Å². The third-order valence-electron chi connectivity index (χ3n) is 2.78. The molecule has 0 spiro atoms. The van der Waals surface area contributed by atoms with Crippen LogP contribution in [0.2, 0.25) is 0 Å². The van der Waals surface area contributed by atoms with Crippen molar-refractivity contribution in [2.45, 2.75) is 33.2 Å². The summed E-state index contributed by atoms with van der Waals surface area (Å²) in [5.41, 5.74) is 0. The molecule has 0 aromatic heterocycles. The maximum atomic E-state index is 12.0. The molecule has 0 N–H and O–H groups in total. The lowest BCUT2D eigenvalue weighted by atomic mass is 9.99. The Morgan fingerprint density at radius 1 is 1.44 bits per heavy atom. The second kappa shape index (κ2) is 4.63. The molecule has 90 valence electrons. The lowest BCUT2D eigenvalue weighted by Gasteiger charge is -2.37. The Morgan fingerprint density at radius 3 is 2.44 bits per heavy atom. The topological polar surface area (TPSA) is 57.7 Å². The molecule has 1 fully saturated rings. The molecule has 1 aliphatic heterocycles. The first kappa shape index (κ1) is 12.7. The van der Waals surface area contributed by atoms with Crippen molar-refractivity contribution in [2.75, 3.05) is 13.6 Å². The van der Waals surface area contributed by atoms with Gasteiger partial charge in [0.25, 0.3) is 5.91 Å². The molecule has 0 bridgehead atoms. The van der Waals surface area contributed by atoms with E-state index in [1.54, 1.807) is 7.05 Å². The summed E-state index contributed by atoms with van der Waals surface area (Å²) in [6.45, 7) is 5.15. The van der Waals surface area contributed by atoms with Crippen LogP contribution in [0.25, 0.3) is 0 Å². The quantitative estimate of drug-likeness (QED) is 0.678. The first-order chi connectivity index (χ1) is 7.34. The Kier molecular flexibility index (Phi) is 3.67. The largest absolute Gasteiger partial charge is 0.332 e. The third-order valence-corrected chi connectivity index (χ3v) is 2.78. The van der Waals surface area contributed by atoms with Crippen LogP contribution in [0.5, 0.6) is 0 Å². The first-order valence-electron chi connectivity index (χ1n) is 5.42. The molecule has 1 unspecified atom stereocenters. The molecule has 1 heterocycles. The zero-order chi connectivity index (χ0) is 12.5. The van der Waals surface area contributed by atoms with E-state index >= 15 is 0 Å². The average molecular weight is 226 g/mol. The summed E-state index contributed by atoms with van der Waals surface area (Å²) in [4.78, 5) is 37.3. The molecule has 0 radical (unpaired) electrons. The summed E-state index contributed by atoms with van der Waals surface area (Å²) in [7, 11) is 1.62. The normalized spacial score (nSPS) is 21.9. The van der Waals surface area contributed by atoms with Gasteiger partial charge < -0.3 is 4.90 Å². The van der Waals surface area contributed by atoms with E-state index in [2.05, 4.69) is 0 Å². The van der Waals surface area contributed by atoms with Crippen molar-refractivity contribution in [2.24, 2.45) is 5.92 Å². The number of hydrogen-bond acceptors (Lipinski definition) is 3. The van der Waals surface area contributed by atoms with E-state index in [9.17, 15) is 14.4 Å². The monoisotopic (exact) mass is 226 g/mol. The van der Waals surface area contributed by atoms with Gasteiger partial charge in [-0.05, 0) is 12.3 Å². The minimum Gasteiger partial charge on any atom is -0.332 e. The van der Waals surface area contributed by atoms with Crippen LogP contribution in [-0.2, 0) is 14.4 Å². The molecule has 16 heavy (non-hydrogen) atoms. The van der Waals surface area contributed by atoms with Crippen LogP contribution in [0.15, 0.2) is 0 Å². The predicted octanol–water partition coefficient (Wildman–Crippen LogP) is 0.248. The maximum absolute atomic E-state index is 12.0. The van der Waals surface area contributed by atoms with Crippen molar-refractivity contribution >= 4 is 17.7 Å². The summed E-state index contributed by atoms with van der Waals surface area (Å²) < 4.78 is 0. The van der Waals surface area contributed by atoms with Gasteiger partial charge >= 0.3 is 0 Å². The average Bonchev–Trinajstić information content (AvgIpc) is 2.17.